The Morgan fingerprint density at radius 1 is 1.05 bits per heavy atom. The average molecular weight is 303 g/mol. The lowest BCUT2D eigenvalue weighted by molar-refractivity contribution is -0.120. The number of amides is 2. The Hall–Kier alpha value is -2.04. The fourth-order valence-corrected chi connectivity index (χ4v) is 2.76. The van der Waals surface area contributed by atoms with Crippen molar-refractivity contribution in [1.82, 2.24) is 5.32 Å². The maximum absolute atomic E-state index is 12.0. The summed E-state index contributed by atoms with van der Waals surface area (Å²) in [7, 11) is 1.60. The van der Waals surface area contributed by atoms with Crippen LogP contribution in [0.2, 0.25) is 0 Å². The van der Waals surface area contributed by atoms with Crippen LogP contribution in [0.25, 0.3) is 0 Å². The molecule has 22 heavy (non-hydrogen) atoms. The van der Waals surface area contributed by atoms with Crippen LogP contribution in [0.4, 0.5) is 11.4 Å². The molecule has 0 radical (unpaired) electrons. The number of benzene rings is 1. The summed E-state index contributed by atoms with van der Waals surface area (Å²) in [6, 6.07) is 8.30. The molecule has 1 saturated carbocycles. The molecular formula is C17H25N3O2. The Morgan fingerprint density at radius 2 is 1.68 bits per heavy atom. The van der Waals surface area contributed by atoms with E-state index >= 15 is 0 Å². The Morgan fingerprint density at radius 3 is 2.36 bits per heavy atom. The van der Waals surface area contributed by atoms with E-state index in [9.17, 15) is 9.59 Å². The second kappa shape index (κ2) is 8.41. The van der Waals surface area contributed by atoms with Crippen LogP contribution in [-0.2, 0) is 9.59 Å². The third kappa shape index (κ3) is 5.06. The molecule has 0 unspecified atom stereocenters. The van der Waals surface area contributed by atoms with Crippen LogP contribution in [-0.4, -0.2) is 24.9 Å². The predicted molar refractivity (Wildman–Crippen MR) is 88.9 cm³/mol. The van der Waals surface area contributed by atoms with Gasteiger partial charge in [0.2, 0.25) is 11.8 Å². The first-order chi connectivity index (χ1) is 10.7. The molecule has 5 nitrogen and oxygen atoms in total. The summed E-state index contributed by atoms with van der Waals surface area (Å²) < 4.78 is 0. The smallest absolute Gasteiger partial charge is 0.224 e. The van der Waals surface area contributed by atoms with Gasteiger partial charge in [0, 0.05) is 25.9 Å². The standard InChI is InChI=1S/C17H25N3O2/c1-18-16(21)11-6-12-17(22)20-15-10-5-4-9-14(15)19-13-7-2-3-8-13/h4-5,9-10,13,19H,2-3,6-8,11-12H2,1H3,(H,18,21)(H,20,22). The van der Waals surface area contributed by atoms with E-state index in [-0.39, 0.29) is 11.8 Å². The molecule has 3 N–H and O–H groups in total. The molecule has 0 heterocycles. The van der Waals surface area contributed by atoms with Gasteiger partial charge in [-0.3, -0.25) is 9.59 Å². The van der Waals surface area contributed by atoms with Crippen molar-refractivity contribution in [2.24, 2.45) is 0 Å². The van der Waals surface area contributed by atoms with Gasteiger partial charge >= 0.3 is 0 Å². The van der Waals surface area contributed by atoms with Gasteiger partial charge in [-0.2, -0.15) is 0 Å². The molecule has 1 aliphatic carbocycles. The summed E-state index contributed by atoms with van der Waals surface area (Å²) in [6.07, 6.45) is 6.21. The molecule has 5 heteroatoms. The normalized spacial score (nSPS) is 14.6. The first-order valence-corrected chi connectivity index (χ1v) is 8.05. The molecule has 0 bridgehead atoms. The van der Waals surface area contributed by atoms with Crippen molar-refractivity contribution in [1.29, 1.82) is 0 Å². The molecule has 0 atom stereocenters. The summed E-state index contributed by atoms with van der Waals surface area (Å²) in [5.41, 5.74) is 1.80. The second-order valence-corrected chi connectivity index (χ2v) is 5.75. The van der Waals surface area contributed by atoms with Crippen molar-refractivity contribution in [3.63, 3.8) is 0 Å². The minimum atomic E-state index is -0.0513. The van der Waals surface area contributed by atoms with E-state index in [1.165, 1.54) is 25.7 Å². The number of hydrogen-bond donors (Lipinski definition) is 3. The van der Waals surface area contributed by atoms with Gasteiger partial charge in [-0.25, -0.2) is 0 Å². The van der Waals surface area contributed by atoms with Crippen molar-refractivity contribution in [3.8, 4) is 0 Å². The highest BCUT2D eigenvalue weighted by molar-refractivity contribution is 5.94. The Kier molecular flexibility index (Phi) is 6.25. The van der Waals surface area contributed by atoms with Crippen molar-refractivity contribution < 1.29 is 9.59 Å². The number of carbonyl (C=O) groups is 2. The molecule has 1 aliphatic rings. The zero-order chi connectivity index (χ0) is 15.8. The van der Waals surface area contributed by atoms with E-state index in [0.717, 1.165) is 11.4 Å². The topological polar surface area (TPSA) is 70.2 Å². The molecule has 0 saturated heterocycles. The van der Waals surface area contributed by atoms with E-state index in [2.05, 4.69) is 16.0 Å². The van der Waals surface area contributed by atoms with E-state index < -0.39 is 0 Å². The molecule has 120 valence electrons. The van der Waals surface area contributed by atoms with Gasteiger partial charge in [-0.15, -0.1) is 0 Å². The van der Waals surface area contributed by atoms with Crippen LogP contribution >= 0.6 is 0 Å². The number of para-hydroxylation sites is 2. The molecule has 2 rings (SSSR count). The summed E-state index contributed by atoms with van der Waals surface area (Å²) in [5.74, 6) is -0.0827. The highest BCUT2D eigenvalue weighted by Gasteiger charge is 2.16. The zero-order valence-corrected chi connectivity index (χ0v) is 13.2. The van der Waals surface area contributed by atoms with Gasteiger partial charge in [-0.1, -0.05) is 25.0 Å². The van der Waals surface area contributed by atoms with Crippen LogP contribution < -0.4 is 16.0 Å². The van der Waals surface area contributed by atoms with Gasteiger partial charge in [-0.05, 0) is 31.4 Å². The van der Waals surface area contributed by atoms with Crippen molar-refractivity contribution in [2.45, 2.75) is 51.0 Å². The van der Waals surface area contributed by atoms with Gasteiger partial charge < -0.3 is 16.0 Å². The van der Waals surface area contributed by atoms with Gasteiger partial charge in [0.1, 0.15) is 0 Å². The Labute approximate surface area is 131 Å². The van der Waals surface area contributed by atoms with Crippen LogP contribution in [0.15, 0.2) is 24.3 Å². The third-order valence-electron chi connectivity index (χ3n) is 4.00. The van der Waals surface area contributed by atoms with Crippen LogP contribution in [0.1, 0.15) is 44.9 Å². The van der Waals surface area contributed by atoms with Crippen LogP contribution in [0.3, 0.4) is 0 Å². The SMILES string of the molecule is CNC(=O)CCCC(=O)Nc1ccccc1NC1CCCC1. The summed E-state index contributed by atoms with van der Waals surface area (Å²) >= 11 is 0. The molecule has 0 aromatic heterocycles. The molecule has 0 aliphatic heterocycles. The van der Waals surface area contributed by atoms with Gasteiger partial charge in [0.15, 0.2) is 0 Å². The lowest BCUT2D eigenvalue weighted by Gasteiger charge is -2.17. The second-order valence-electron chi connectivity index (χ2n) is 5.75. The average Bonchev–Trinajstić information content (AvgIpc) is 3.02. The van der Waals surface area contributed by atoms with E-state index in [1.807, 2.05) is 24.3 Å². The fourth-order valence-electron chi connectivity index (χ4n) is 2.76. The van der Waals surface area contributed by atoms with Crippen molar-refractivity contribution in [3.05, 3.63) is 24.3 Å². The van der Waals surface area contributed by atoms with E-state index in [1.54, 1.807) is 7.05 Å². The summed E-state index contributed by atoms with van der Waals surface area (Å²) in [4.78, 5) is 23.1. The number of carbonyl (C=O) groups excluding carboxylic acids is 2. The van der Waals surface area contributed by atoms with Crippen molar-refractivity contribution in [2.75, 3.05) is 17.7 Å². The quantitative estimate of drug-likeness (QED) is 0.725. The lowest BCUT2D eigenvalue weighted by Crippen LogP contribution is -2.19. The largest absolute Gasteiger partial charge is 0.381 e. The molecule has 2 amide bonds. The van der Waals surface area contributed by atoms with Crippen LogP contribution in [0.5, 0.6) is 0 Å². The number of rotatable bonds is 7. The first kappa shape index (κ1) is 16.3. The monoisotopic (exact) mass is 303 g/mol. The van der Waals surface area contributed by atoms with Crippen LogP contribution in [0, 0.1) is 0 Å². The molecule has 1 fully saturated rings. The zero-order valence-electron chi connectivity index (χ0n) is 13.2. The fraction of sp³-hybridized carbons (Fsp3) is 0.529. The Bertz CT molecular complexity index is 510. The predicted octanol–water partition coefficient (Wildman–Crippen LogP) is 2.90. The summed E-state index contributed by atoms with van der Waals surface area (Å²) in [5, 5.41) is 9.02. The summed E-state index contributed by atoms with van der Waals surface area (Å²) in [6.45, 7) is 0. The molecular weight excluding hydrogens is 278 g/mol. The number of hydrogen-bond acceptors (Lipinski definition) is 3. The number of anilines is 2. The highest BCUT2D eigenvalue weighted by Crippen LogP contribution is 2.27. The molecule has 1 aromatic rings. The Balaban J connectivity index is 1.85. The highest BCUT2D eigenvalue weighted by atomic mass is 16.2. The molecule has 1 aromatic carbocycles. The van der Waals surface area contributed by atoms with E-state index in [0.29, 0.717) is 25.3 Å². The minimum absolute atomic E-state index is 0.0314. The molecule has 0 spiro atoms. The van der Waals surface area contributed by atoms with E-state index in [4.69, 9.17) is 0 Å². The lowest BCUT2D eigenvalue weighted by atomic mass is 10.2. The van der Waals surface area contributed by atoms with Gasteiger partial charge in [0.25, 0.3) is 0 Å². The number of nitrogens with one attached hydrogen (secondary N) is 3. The maximum atomic E-state index is 12.0. The maximum Gasteiger partial charge on any atom is 0.224 e. The first-order valence-electron chi connectivity index (χ1n) is 8.05. The van der Waals surface area contributed by atoms with Gasteiger partial charge in [0.05, 0.1) is 11.4 Å². The minimum Gasteiger partial charge on any atom is -0.381 e. The third-order valence-corrected chi connectivity index (χ3v) is 4.00. The van der Waals surface area contributed by atoms with Crippen molar-refractivity contribution >= 4 is 23.2 Å².